The summed E-state index contributed by atoms with van der Waals surface area (Å²) in [7, 11) is 2.72. The van der Waals surface area contributed by atoms with Crippen molar-refractivity contribution in [1.29, 1.82) is 0 Å². The third-order valence-electron chi connectivity index (χ3n) is 0.858. The maximum Gasteiger partial charge on any atom is 0.407 e. The molecule has 0 aromatic rings. The van der Waals surface area contributed by atoms with E-state index in [0.29, 0.717) is 0 Å². The average Bonchev–Trinajstić information content (AvgIpc) is 1.99. The van der Waals surface area contributed by atoms with Gasteiger partial charge in [0.1, 0.15) is 0 Å². The van der Waals surface area contributed by atoms with Crippen LogP contribution in [0.4, 0.5) is 4.79 Å². The first kappa shape index (κ1) is 8.74. The lowest BCUT2D eigenvalue weighted by Crippen LogP contribution is -2.34. The highest BCUT2D eigenvalue weighted by Gasteiger charge is 2.00. The first-order chi connectivity index (χ1) is 4.70. The monoisotopic (exact) mass is 146 g/mol. The van der Waals surface area contributed by atoms with Crippen LogP contribution >= 0.6 is 0 Å². The van der Waals surface area contributed by atoms with Crippen LogP contribution in [0.1, 0.15) is 0 Å². The summed E-state index contributed by atoms with van der Waals surface area (Å²) in [6, 6.07) is 0. The van der Waals surface area contributed by atoms with Crippen molar-refractivity contribution in [2.75, 3.05) is 20.7 Å². The number of ether oxygens (including phenoxy) is 1. The first-order valence-corrected chi connectivity index (χ1v) is 2.73. The van der Waals surface area contributed by atoms with Gasteiger partial charge in [-0.15, -0.1) is 0 Å². The van der Waals surface area contributed by atoms with E-state index in [1.54, 1.807) is 0 Å². The van der Waals surface area contributed by atoms with Crippen molar-refractivity contribution in [3.63, 3.8) is 0 Å². The highest BCUT2D eigenvalue weighted by Crippen LogP contribution is 1.68. The molecule has 5 heteroatoms. The summed E-state index contributed by atoms with van der Waals surface area (Å²) in [5.74, 6) is -0.259. The van der Waals surface area contributed by atoms with E-state index in [4.69, 9.17) is 0 Å². The Bertz CT molecular complexity index is 119. The van der Waals surface area contributed by atoms with Crippen molar-refractivity contribution >= 4 is 12.0 Å². The molecular formula is C5H10N2O3. The molecular weight excluding hydrogens is 136 g/mol. The normalized spacial score (nSPS) is 8.20. The molecule has 0 saturated heterocycles. The zero-order valence-electron chi connectivity index (χ0n) is 5.93. The van der Waals surface area contributed by atoms with E-state index in [1.807, 2.05) is 0 Å². The Hall–Kier alpha value is -1.26. The van der Waals surface area contributed by atoms with Crippen LogP contribution in [-0.2, 0) is 9.53 Å². The van der Waals surface area contributed by atoms with E-state index >= 15 is 0 Å². The van der Waals surface area contributed by atoms with Crippen molar-refractivity contribution in [2.45, 2.75) is 0 Å². The Labute approximate surface area is 58.7 Å². The third-order valence-corrected chi connectivity index (χ3v) is 0.858. The number of nitrogens with one attached hydrogen (secondary N) is 2. The van der Waals surface area contributed by atoms with Gasteiger partial charge < -0.3 is 15.4 Å². The number of alkyl carbamates (subject to hydrolysis) is 1. The largest absolute Gasteiger partial charge is 0.453 e. The first-order valence-electron chi connectivity index (χ1n) is 2.73. The average molecular weight is 146 g/mol. The topological polar surface area (TPSA) is 67.4 Å². The second kappa shape index (κ2) is 4.60. The van der Waals surface area contributed by atoms with Crippen LogP contribution in [0.15, 0.2) is 0 Å². The molecule has 0 aliphatic carbocycles. The van der Waals surface area contributed by atoms with Crippen LogP contribution in [0.5, 0.6) is 0 Å². The number of hydrogen-bond acceptors (Lipinski definition) is 3. The second-order valence-corrected chi connectivity index (χ2v) is 1.52. The highest BCUT2D eigenvalue weighted by atomic mass is 16.5. The fourth-order valence-corrected chi connectivity index (χ4v) is 0.313. The van der Waals surface area contributed by atoms with Crippen molar-refractivity contribution in [1.82, 2.24) is 10.6 Å². The SMILES string of the molecule is CNC(=O)CNC(=O)OC. The van der Waals surface area contributed by atoms with Crippen LogP contribution < -0.4 is 10.6 Å². The molecule has 5 nitrogen and oxygen atoms in total. The summed E-state index contributed by atoms with van der Waals surface area (Å²) in [4.78, 5) is 20.8. The molecule has 0 spiro atoms. The van der Waals surface area contributed by atoms with Crippen LogP contribution in [0, 0.1) is 0 Å². The number of carbonyl (C=O) groups excluding carboxylic acids is 2. The molecule has 0 unspecified atom stereocenters. The van der Waals surface area contributed by atoms with Gasteiger partial charge in [0.15, 0.2) is 0 Å². The van der Waals surface area contributed by atoms with Gasteiger partial charge in [0.25, 0.3) is 0 Å². The quantitative estimate of drug-likeness (QED) is 0.530. The molecule has 0 rings (SSSR count). The predicted octanol–water partition coefficient (Wildman–Crippen LogP) is -0.912. The van der Waals surface area contributed by atoms with E-state index in [1.165, 1.54) is 14.2 Å². The highest BCUT2D eigenvalue weighted by molar-refractivity contribution is 5.81. The van der Waals surface area contributed by atoms with E-state index in [9.17, 15) is 9.59 Å². The molecule has 0 radical (unpaired) electrons. The zero-order valence-corrected chi connectivity index (χ0v) is 5.93. The molecule has 0 aromatic heterocycles. The van der Waals surface area contributed by atoms with Gasteiger partial charge in [-0.05, 0) is 0 Å². The predicted molar refractivity (Wildman–Crippen MR) is 34.5 cm³/mol. The molecule has 0 aromatic carbocycles. The van der Waals surface area contributed by atoms with Crippen molar-refractivity contribution in [3.8, 4) is 0 Å². The number of hydrogen-bond donors (Lipinski definition) is 2. The van der Waals surface area contributed by atoms with Crippen LogP contribution in [0.3, 0.4) is 0 Å². The fourth-order valence-electron chi connectivity index (χ4n) is 0.313. The number of amides is 2. The summed E-state index contributed by atoms with van der Waals surface area (Å²) in [6.07, 6.45) is -0.608. The summed E-state index contributed by atoms with van der Waals surface area (Å²) < 4.78 is 4.22. The van der Waals surface area contributed by atoms with E-state index in [2.05, 4.69) is 15.4 Å². The van der Waals surface area contributed by atoms with Gasteiger partial charge in [0.05, 0.1) is 13.7 Å². The van der Waals surface area contributed by atoms with Gasteiger partial charge in [-0.25, -0.2) is 4.79 Å². The Kier molecular flexibility index (Phi) is 4.02. The van der Waals surface area contributed by atoms with Gasteiger partial charge in [-0.2, -0.15) is 0 Å². The van der Waals surface area contributed by atoms with E-state index in [-0.39, 0.29) is 12.5 Å². The minimum atomic E-state index is -0.608. The maximum atomic E-state index is 10.5. The summed E-state index contributed by atoms with van der Waals surface area (Å²) in [5, 5.41) is 4.55. The van der Waals surface area contributed by atoms with Gasteiger partial charge in [0.2, 0.25) is 5.91 Å². The summed E-state index contributed by atoms with van der Waals surface area (Å²) in [6.45, 7) is -0.0524. The molecule has 0 saturated carbocycles. The van der Waals surface area contributed by atoms with Crippen molar-refractivity contribution in [3.05, 3.63) is 0 Å². The van der Waals surface area contributed by atoms with Gasteiger partial charge >= 0.3 is 6.09 Å². The molecule has 10 heavy (non-hydrogen) atoms. The minimum Gasteiger partial charge on any atom is -0.453 e. The molecule has 0 aliphatic heterocycles. The molecule has 0 aliphatic rings. The standard InChI is InChI=1S/C5H10N2O3/c1-6-4(8)3-7-5(9)10-2/h3H2,1-2H3,(H,6,8)(H,7,9). The molecule has 2 N–H and O–H groups in total. The van der Waals surface area contributed by atoms with Gasteiger partial charge in [0, 0.05) is 7.05 Å². The lowest BCUT2D eigenvalue weighted by molar-refractivity contribution is -0.119. The van der Waals surface area contributed by atoms with Crippen LogP contribution in [-0.4, -0.2) is 32.7 Å². The Morgan fingerprint density at radius 3 is 2.50 bits per heavy atom. The van der Waals surface area contributed by atoms with Crippen molar-refractivity contribution < 1.29 is 14.3 Å². The smallest absolute Gasteiger partial charge is 0.407 e. The van der Waals surface area contributed by atoms with Gasteiger partial charge in [-0.3, -0.25) is 4.79 Å². The lowest BCUT2D eigenvalue weighted by atomic mass is 10.6. The van der Waals surface area contributed by atoms with Crippen molar-refractivity contribution in [2.24, 2.45) is 0 Å². The number of carbonyl (C=O) groups is 2. The Balaban J connectivity index is 3.35. The minimum absolute atomic E-state index is 0.0524. The molecule has 58 valence electrons. The molecule has 0 bridgehead atoms. The second-order valence-electron chi connectivity index (χ2n) is 1.52. The maximum absolute atomic E-state index is 10.5. The van der Waals surface area contributed by atoms with Crippen LogP contribution in [0.25, 0.3) is 0 Å². The zero-order chi connectivity index (χ0) is 7.98. The Morgan fingerprint density at radius 1 is 1.50 bits per heavy atom. The Morgan fingerprint density at radius 2 is 2.10 bits per heavy atom. The third kappa shape index (κ3) is 3.71. The summed E-state index contributed by atoms with van der Waals surface area (Å²) >= 11 is 0. The number of likely N-dealkylation sites (N-methyl/N-ethyl adjacent to an activating group) is 1. The fraction of sp³-hybridized carbons (Fsp3) is 0.600. The van der Waals surface area contributed by atoms with E-state index < -0.39 is 6.09 Å². The molecule has 2 amide bonds. The number of methoxy groups -OCH3 is 1. The summed E-state index contributed by atoms with van der Waals surface area (Å²) in [5.41, 5.74) is 0. The van der Waals surface area contributed by atoms with E-state index in [0.717, 1.165) is 0 Å². The molecule has 0 heterocycles. The van der Waals surface area contributed by atoms with Crippen LogP contribution in [0.2, 0.25) is 0 Å². The van der Waals surface area contributed by atoms with Gasteiger partial charge in [-0.1, -0.05) is 0 Å². The molecule has 0 fully saturated rings. The number of rotatable bonds is 2. The lowest BCUT2D eigenvalue weighted by Gasteiger charge is -2.00. The molecule has 0 atom stereocenters.